The molecule has 2 unspecified atom stereocenters. The number of ether oxygens (including phenoxy) is 1. The van der Waals surface area contributed by atoms with Crippen LogP contribution in [-0.2, 0) is 13.8 Å². The summed E-state index contributed by atoms with van der Waals surface area (Å²) >= 11 is 1.49. The largest absolute Gasteiger partial charge is 0.469 e. The Labute approximate surface area is 177 Å². The van der Waals surface area contributed by atoms with Crippen molar-refractivity contribution < 1.29 is 33.8 Å². The smallest absolute Gasteiger partial charge is 0.387 e. The summed E-state index contributed by atoms with van der Waals surface area (Å²) in [6, 6.07) is 0. The number of imidazole rings is 1. The highest BCUT2D eigenvalue weighted by atomic mass is 32.2. The van der Waals surface area contributed by atoms with Crippen molar-refractivity contribution >= 4 is 36.6 Å². The number of hydrogen-bond donors (Lipinski definition) is 5. The van der Waals surface area contributed by atoms with E-state index in [2.05, 4.69) is 31.7 Å². The summed E-state index contributed by atoms with van der Waals surface area (Å²) in [6.45, 7) is 4.19. The Balaban J connectivity index is 1.92. The zero-order chi connectivity index (χ0) is 21.9. The van der Waals surface area contributed by atoms with E-state index in [1.165, 1.54) is 22.7 Å². The lowest BCUT2D eigenvalue weighted by molar-refractivity contribution is -0.0504. The molecule has 0 bridgehead atoms. The van der Waals surface area contributed by atoms with Gasteiger partial charge in [-0.3, -0.25) is 9.09 Å². The molecular weight excluding hydrogens is 437 g/mol. The fraction of sp³-hybridized carbons (Fsp3) is 0.688. The first kappa shape index (κ1) is 23.4. The molecule has 30 heavy (non-hydrogen) atoms. The zero-order valence-corrected chi connectivity index (χ0v) is 18.3. The molecule has 1 aliphatic rings. The number of rotatable bonds is 10. The summed E-state index contributed by atoms with van der Waals surface area (Å²) in [5.41, 5.74) is 0.902. The van der Waals surface area contributed by atoms with E-state index in [0.29, 0.717) is 28.7 Å². The third kappa shape index (κ3) is 5.29. The van der Waals surface area contributed by atoms with Gasteiger partial charge in [0, 0.05) is 12.3 Å². The first-order valence-electron chi connectivity index (χ1n) is 9.58. The second kappa shape index (κ2) is 9.88. The standard InChI is InChI=1S/C16H26N5O7PS/c1-3-5-17-13-10-14(20-16(19-13)30-6-4-2)21(8-18-10)15-12(23)11(22)9(28-15)7-27-29(24,25)26/h8-9,11-12,15,22-23H,3-7H2,1-2H3,(H,17,19,20)(H2,24,25,26)/t9-,11?,12?,15-/m1/s1. The topological polar surface area (TPSA) is 172 Å². The number of nitrogens with zero attached hydrogens (tertiary/aromatic N) is 4. The number of aliphatic hydroxyl groups excluding tert-OH is 2. The van der Waals surface area contributed by atoms with Crippen LogP contribution in [0.4, 0.5) is 5.82 Å². The van der Waals surface area contributed by atoms with Crippen LogP contribution in [0.1, 0.15) is 32.9 Å². The van der Waals surface area contributed by atoms with Crippen LogP contribution in [0.25, 0.3) is 11.2 Å². The summed E-state index contributed by atoms with van der Waals surface area (Å²) in [5.74, 6) is 1.39. The molecule has 3 rings (SSSR count). The Bertz CT molecular complexity index is 909. The van der Waals surface area contributed by atoms with E-state index in [9.17, 15) is 14.8 Å². The zero-order valence-electron chi connectivity index (χ0n) is 16.6. The van der Waals surface area contributed by atoms with Gasteiger partial charge >= 0.3 is 7.82 Å². The summed E-state index contributed by atoms with van der Waals surface area (Å²) in [7, 11) is -4.74. The van der Waals surface area contributed by atoms with Gasteiger partial charge in [-0.2, -0.15) is 0 Å². The van der Waals surface area contributed by atoms with E-state index in [-0.39, 0.29) is 0 Å². The molecule has 0 spiro atoms. The van der Waals surface area contributed by atoms with Gasteiger partial charge in [-0.15, -0.1) is 0 Å². The second-order valence-electron chi connectivity index (χ2n) is 6.79. The molecule has 4 atom stereocenters. The first-order valence-corrected chi connectivity index (χ1v) is 12.1. The SMILES string of the molecule is CCCNc1nc(SCCC)nc2c1ncn2[C@@H]1O[C@H](COP(=O)(O)O)C(O)C1O. The molecule has 168 valence electrons. The van der Waals surface area contributed by atoms with Gasteiger partial charge in [-0.05, 0) is 12.8 Å². The van der Waals surface area contributed by atoms with E-state index in [0.717, 1.165) is 18.6 Å². The van der Waals surface area contributed by atoms with Crippen molar-refractivity contribution in [3.63, 3.8) is 0 Å². The van der Waals surface area contributed by atoms with Crippen LogP contribution in [0.2, 0.25) is 0 Å². The number of aromatic nitrogens is 4. The van der Waals surface area contributed by atoms with Gasteiger partial charge in [-0.25, -0.2) is 19.5 Å². The van der Waals surface area contributed by atoms with Crippen molar-refractivity contribution in [2.24, 2.45) is 0 Å². The number of fused-ring (bicyclic) bond motifs is 1. The van der Waals surface area contributed by atoms with Crippen LogP contribution in [0.5, 0.6) is 0 Å². The van der Waals surface area contributed by atoms with Crippen LogP contribution in [-0.4, -0.2) is 76.7 Å². The molecule has 5 N–H and O–H groups in total. The Morgan fingerprint density at radius 1 is 1.27 bits per heavy atom. The predicted molar refractivity (Wildman–Crippen MR) is 109 cm³/mol. The fourth-order valence-corrected chi connectivity index (χ4v) is 4.01. The van der Waals surface area contributed by atoms with Gasteiger partial charge in [0.2, 0.25) is 0 Å². The molecule has 14 heteroatoms. The van der Waals surface area contributed by atoms with Crippen molar-refractivity contribution in [3.05, 3.63) is 6.33 Å². The number of aliphatic hydroxyl groups is 2. The highest BCUT2D eigenvalue weighted by Crippen LogP contribution is 2.39. The predicted octanol–water partition coefficient (Wildman–Crippen LogP) is 0.879. The van der Waals surface area contributed by atoms with E-state index >= 15 is 0 Å². The third-order valence-electron chi connectivity index (χ3n) is 4.40. The molecule has 2 aromatic rings. The van der Waals surface area contributed by atoms with Crippen LogP contribution in [0.15, 0.2) is 11.5 Å². The van der Waals surface area contributed by atoms with Crippen molar-refractivity contribution in [2.75, 3.05) is 24.2 Å². The number of hydrogen-bond acceptors (Lipinski definition) is 10. The van der Waals surface area contributed by atoms with Crippen LogP contribution >= 0.6 is 19.6 Å². The van der Waals surface area contributed by atoms with Crippen molar-refractivity contribution in [3.8, 4) is 0 Å². The second-order valence-corrected chi connectivity index (χ2v) is 9.09. The van der Waals surface area contributed by atoms with Crippen molar-refractivity contribution in [1.29, 1.82) is 0 Å². The van der Waals surface area contributed by atoms with Gasteiger partial charge < -0.3 is 30.1 Å². The number of phosphoric ester groups is 1. The summed E-state index contributed by atoms with van der Waals surface area (Å²) in [6.07, 6.45) is -1.72. The maximum absolute atomic E-state index is 10.9. The maximum atomic E-state index is 10.9. The molecule has 0 aliphatic carbocycles. The quantitative estimate of drug-likeness (QED) is 0.192. The summed E-state index contributed by atoms with van der Waals surface area (Å²) < 4.78 is 22.5. The molecule has 2 aromatic heterocycles. The molecule has 1 aliphatic heterocycles. The van der Waals surface area contributed by atoms with Gasteiger partial charge in [0.1, 0.15) is 18.3 Å². The molecule has 1 saturated heterocycles. The molecule has 12 nitrogen and oxygen atoms in total. The summed E-state index contributed by atoms with van der Waals surface area (Å²) in [4.78, 5) is 31.2. The molecular formula is C16H26N5O7PS. The minimum Gasteiger partial charge on any atom is -0.387 e. The fourth-order valence-electron chi connectivity index (χ4n) is 2.97. The van der Waals surface area contributed by atoms with Crippen molar-refractivity contribution in [2.45, 2.75) is 56.4 Å². The first-order chi connectivity index (χ1) is 14.2. The normalized spacial score (nSPS) is 24.6. The lowest BCUT2D eigenvalue weighted by atomic mass is 10.1. The van der Waals surface area contributed by atoms with Crippen molar-refractivity contribution in [1.82, 2.24) is 19.5 Å². The number of anilines is 1. The molecule has 0 radical (unpaired) electrons. The molecule has 0 amide bonds. The van der Waals surface area contributed by atoms with Crippen LogP contribution < -0.4 is 5.32 Å². The molecule has 0 saturated carbocycles. The highest BCUT2D eigenvalue weighted by Gasteiger charge is 2.45. The van der Waals surface area contributed by atoms with Gasteiger partial charge in [0.25, 0.3) is 0 Å². The Hall–Kier alpha value is -1.31. The lowest BCUT2D eigenvalue weighted by Crippen LogP contribution is -2.33. The Morgan fingerprint density at radius 3 is 2.70 bits per heavy atom. The monoisotopic (exact) mass is 463 g/mol. The van der Waals surface area contributed by atoms with E-state index < -0.39 is 39.0 Å². The van der Waals surface area contributed by atoms with E-state index in [1.54, 1.807) is 0 Å². The lowest BCUT2D eigenvalue weighted by Gasteiger charge is -2.17. The van der Waals surface area contributed by atoms with E-state index in [4.69, 9.17) is 14.5 Å². The Kier molecular flexibility index (Phi) is 7.69. The number of nitrogens with one attached hydrogen (secondary N) is 1. The summed E-state index contributed by atoms with van der Waals surface area (Å²) in [5, 5.41) is 24.5. The van der Waals surface area contributed by atoms with Gasteiger partial charge in [-0.1, -0.05) is 25.6 Å². The average Bonchev–Trinajstić information content (AvgIpc) is 3.24. The highest BCUT2D eigenvalue weighted by molar-refractivity contribution is 7.99. The average molecular weight is 463 g/mol. The minimum absolute atomic E-state index is 0.412. The van der Waals surface area contributed by atoms with Crippen LogP contribution in [0, 0.1) is 0 Å². The number of phosphoric acid groups is 1. The number of thioether (sulfide) groups is 1. The minimum atomic E-state index is -4.74. The van der Waals surface area contributed by atoms with Gasteiger partial charge in [0.15, 0.2) is 28.4 Å². The molecule has 3 heterocycles. The van der Waals surface area contributed by atoms with Gasteiger partial charge in [0.05, 0.1) is 12.9 Å². The Morgan fingerprint density at radius 2 is 2.03 bits per heavy atom. The van der Waals surface area contributed by atoms with Crippen LogP contribution in [0.3, 0.4) is 0 Å². The van der Waals surface area contributed by atoms with E-state index in [1.807, 2.05) is 6.92 Å². The molecule has 0 aromatic carbocycles. The molecule has 1 fully saturated rings. The third-order valence-corrected chi connectivity index (χ3v) is 5.94. The maximum Gasteiger partial charge on any atom is 0.469 e.